The van der Waals surface area contributed by atoms with E-state index in [9.17, 15) is 0 Å². The zero-order valence-corrected chi connectivity index (χ0v) is 10.5. The zero-order chi connectivity index (χ0) is 12.4. The Bertz CT molecular complexity index is 363. The van der Waals surface area contributed by atoms with Crippen LogP contribution < -0.4 is 5.32 Å². The molecule has 0 amide bonds. The van der Waals surface area contributed by atoms with Crippen LogP contribution in [-0.4, -0.2) is 7.05 Å². The lowest BCUT2D eigenvalue weighted by Gasteiger charge is -2.00. The smallest absolute Gasteiger partial charge is 0.0912 e. The van der Waals surface area contributed by atoms with Gasteiger partial charge in [-0.05, 0) is 38.0 Å². The normalized spacial score (nSPS) is 14.1. The number of nitriles is 1. The molecule has 0 aliphatic rings. The summed E-state index contributed by atoms with van der Waals surface area (Å²) in [6.07, 6.45) is 10.4. The summed E-state index contributed by atoms with van der Waals surface area (Å²) in [6.45, 7) is 6.19. The molecule has 0 saturated heterocycles. The molecular weight excluding hydrogens is 196 g/mol. The Balaban J connectivity index is 4.84. The van der Waals surface area contributed by atoms with Crippen molar-refractivity contribution in [3.05, 3.63) is 47.2 Å². The van der Waals surface area contributed by atoms with Gasteiger partial charge < -0.3 is 5.32 Å². The van der Waals surface area contributed by atoms with Crippen LogP contribution in [0.5, 0.6) is 0 Å². The molecule has 0 fully saturated rings. The number of rotatable bonds is 5. The molecule has 0 aliphatic heterocycles. The summed E-state index contributed by atoms with van der Waals surface area (Å²) < 4.78 is 0. The van der Waals surface area contributed by atoms with Crippen molar-refractivity contribution < 1.29 is 0 Å². The Hall–Kier alpha value is -1.75. The molecule has 0 spiro atoms. The Morgan fingerprint density at radius 2 is 2.00 bits per heavy atom. The quantitative estimate of drug-likeness (QED) is 0.564. The fraction of sp³-hybridized carbons (Fsp3) is 0.357. The van der Waals surface area contributed by atoms with Gasteiger partial charge in [-0.1, -0.05) is 24.6 Å². The Kier molecular flexibility index (Phi) is 7.61. The number of hydrogen-bond acceptors (Lipinski definition) is 2. The maximum absolute atomic E-state index is 8.52. The van der Waals surface area contributed by atoms with Gasteiger partial charge in [0.05, 0.1) is 6.07 Å². The first kappa shape index (κ1) is 14.2. The van der Waals surface area contributed by atoms with Crippen LogP contribution in [0.15, 0.2) is 47.2 Å². The molecule has 0 saturated carbocycles. The highest BCUT2D eigenvalue weighted by atomic mass is 14.8. The Morgan fingerprint density at radius 3 is 2.50 bits per heavy atom. The van der Waals surface area contributed by atoms with Crippen molar-refractivity contribution in [2.45, 2.75) is 27.2 Å². The topological polar surface area (TPSA) is 35.8 Å². The lowest BCUT2D eigenvalue weighted by Crippen LogP contribution is -2.00. The van der Waals surface area contributed by atoms with E-state index in [1.54, 1.807) is 0 Å². The van der Waals surface area contributed by atoms with Crippen molar-refractivity contribution in [2.75, 3.05) is 7.05 Å². The van der Waals surface area contributed by atoms with Gasteiger partial charge in [0.25, 0.3) is 0 Å². The summed E-state index contributed by atoms with van der Waals surface area (Å²) in [5.41, 5.74) is 3.48. The lowest BCUT2D eigenvalue weighted by molar-refractivity contribution is 0.990. The van der Waals surface area contributed by atoms with Crippen LogP contribution in [0.25, 0.3) is 0 Å². The molecule has 0 rings (SSSR count). The minimum atomic E-state index is 0.990. The van der Waals surface area contributed by atoms with Crippen molar-refractivity contribution in [1.82, 2.24) is 5.32 Å². The molecule has 0 bridgehead atoms. The second-order valence-electron chi connectivity index (χ2n) is 3.51. The molecule has 0 aliphatic carbocycles. The van der Waals surface area contributed by atoms with Crippen LogP contribution in [0.3, 0.4) is 0 Å². The van der Waals surface area contributed by atoms with E-state index >= 15 is 0 Å². The minimum Gasteiger partial charge on any atom is -0.392 e. The highest BCUT2D eigenvalue weighted by molar-refractivity contribution is 5.38. The van der Waals surface area contributed by atoms with Crippen LogP contribution >= 0.6 is 0 Å². The molecule has 0 aromatic rings. The molecule has 1 N–H and O–H groups in total. The maximum atomic E-state index is 8.52. The summed E-state index contributed by atoms with van der Waals surface area (Å²) in [5.74, 6) is 0. The first-order valence-electron chi connectivity index (χ1n) is 5.44. The first-order valence-corrected chi connectivity index (χ1v) is 5.44. The average molecular weight is 216 g/mol. The SMILES string of the molecule is CCC(C)=C(/C=C\C=C(/C)NC)/C=C/C#N. The largest absolute Gasteiger partial charge is 0.392 e. The first-order chi connectivity index (χ1) is 7.65. The summed E-state index contributed by atoms with van der Waals surface area (Å²) in [5, 5.41) is 11.6. The van der Waals surface area contributed by atoms with Gasteiger partial charge in [0.15, 0.2) is 0 Å². The summed E-state index contributed by atoms with van der Waals surface area (Å²) >= 11 is 0. The van der Waals surface area contributed by atoms with E-state index in [0.29, 0.717) is 0 Å². The summed E-state index contributed by atoms with van der Waals surface area (Å²) in [6, 6.07) is 2.01. The van der Waals surface area contributed by atoms with E-state index in [1.165, 1.54) is 11.6 Å². The third-order valence-corrected chi connectivity index (χ3v) is 2.38. The van der Waals surface area contributed by atoms with Gasteiger partial charge in [-0.15, -0.1) is 0 Å². The molecule has 2 heteroatoms. The number of hydrogen-bond donors (Lipinski definition) is 1. The van der Waals surface area contributed by atoms with E-state index in [4.69, 9.17) is 5.26 Å². The van der Waals surface area contributed by atoms with Gasteiger partial charge in [0.1, 0.15) is 0 Å². The molecule has 0 radical (unpaired) electrons. The predicted octanol–water partition coefficient (Wildman–Crippen LogP) is 3.47. The molecule has 0 atom stereocenters. The van der Waals surface area contributed by atoms with Crippen LogP contribution in [0.2, 0.25) is 0 Å². The highest BCUT2D eigenvalue weighted by Crippen LogP contribution is 2.11. The molecule has 16 heavy (non-hydrogen) atoms. The third-order valence-electron chi connectivity index (χ3n) is 2.38. The minimum absolute atomic E-state index is 0.990. The second-order valence-corrected chi connectivity index (χ2v) is 3.51. The number of nitrogens with one attached hydrogen (secondary N) is 1. The third kappa shape index (κ3) is 5.87. The van der Waals surface area contributed by atoms with Crippen LogP contribution in [-0.2, 0) is 0 Å². The number of nitrogens with zero attached hydrogens (tertiary/aromatic N) is 1. The van der Waals surface area contributed by atoms with E-state index < -0.39 is 0 Å². The van der Waals surface area contributed by atoms with E-state index in [-0.39, 0.29) is 0 Å². The zero-order valence-electron chi connectivity index (χ0n) is 10.5. The van der Waals surface area contributed by atoms with E-state index in [2.05, 4.69) is 19.2 Å². The van der Waals surface area contributed by atoms with E-state index in [0.717, 1.165) is 17.7 Å². The van der Waals surface area contributed by atoms with Crippen LogP contribution in [0.4, 0.5) is 0 Å². The Morgan fingerprint density at radius 1 is 1.31 bits per heavy atom. The predicted molar refractivity (Wildman–Crippen MR) is 69.7 cm³/mol. The van der Waals surface area contributed by atoms with Crippen molar-refractivity contribution >= 4 is 0 Å². The second kappa shape index (κ2) is 8.55. The molecule has 0 aromatic heterocycles. The fourth-order valence-corrected chi connectivity index (χ4v) is 1.05. The molecule has 2 nitrogen and oxygen atoms in total. The Labute approximate surface area is 98.7 Å². The average Bonchev–Trinajstić information content (AvgIpc) is 2.32. The molecule has 0 unspecified atom stereocenters. The monoisotopic (exact) mass is 216 g/mol. The van der Waals surface area contributed by atoms with Crippen molar-refractivity contribution in [2.24, 2.45) is 0 Å². The lowest BCUT2D eigenvalue weighted by atomic mass is 10.1. The summed E-state index contributed by atoms with van der Waals surface area (Å²) in [4.78, 5) is 0. The summed E-state index contributed by atoms with van der Waals surface area (Å²) in [7, 11) is 1.89. The molecule has 0 aromatic carbocycles. The van der Waals surface area contributed by atoms with Crippen LogP contribution in [0, 0.1) is 11.3 Å². The fourth-order valence-electron chi connectivity index (χ4n) is 1.05. The van der Waals surface area contributed by atoms with Crippen molar-refractivity contribution in [1.29, 1.82) is 5.26 Å². The standard InChI is InChI=1S/C14H20N2/c1-5-12(2)14(10-7-11-15)9-6-8-13(3)16-4/h6-10,16H,5H2,1-4H3/b9-6-,10-7+,13-8+,14-12?. The molecule has 0 heterocycles. The van der Waals surface area contributed by atoms with Gasteiger partial charge >= 0.3 is 0 Å². The van der Waals surface area contributed by atoms with Crippen molar-refractivity contribution in [3.63, 3.8) is 0 Å². The van der Waals surface area contributed by atoms with Gasteiger partial charge in [-0.2, -0.15) is 5.26 Å². The van der Waals surface area contributed by atoms with Crippen LogP contribution in [0.1, 0.15) is 27.2 Å². The molecule has 86 valence electrons. The maximum Gasteiger partial charge on any atom is 0.0912 e. The molecular formula is C14H20N2. The number of allylic oxidation sites excluding steroid dienone is 8. The van der Waals surface area contributed by atoms with Crippen molar-refractivity contribution in [3.8, 4) is 6.07 Å². The highest BCUT2D eigenvalue weighted by Gasteiger charge is 1.92. The van der Waals surface area contributed by atoms with Gasteiger partial charge in [-0.25, -0.2) is 0 Å². The van der Waals surface area contributed by atoms with E-state index in [1.807, 2.05) is 44.3 Å². The van der Waals surface area contributed by atoms with Gasteiger partial charge in [-0.3, -0.25) is 0 Å². The van der Waals surface area contributed by atoms with Gasteiger partial charge in [0.2, 0.25) is 0 Å². The van der Waals surface area contributed by atoms with Gasteiger partial charge in [0, 0.05) is 18.8 Å².